The van der Waals surface area contributed by atoms with E-state index in [0.717, 1.165) is 25.7 Å². The van der Waals surface area contributed by atoms with E-state index in [4.69, 9.17) is 0 Å². The van der Waals surface area contributed by atoms with Crippen molar-refractivity contribution in [1.29, 1.82) is 0 Å². The van der Waals surface area contributed by atoms with Crippen molar-refractivity contribution in [2.75, 3.05) is 11.9 Å². The van der Waals surface area contributed by atoms with Crippen LogP contribution >= 0.6 is 0 Å². The smallest absolute Gasteiger partial charge is 0.341 e. The van der Waals surface area contributed by atoms with E-state index in [2.05, 4.69) is 5.32 Å². The van der Waals surface area contributed by atoms with Crippen LogP contribution in [0.15, 0.2) is 29.2 Å². The van der Waals surface area contributed by atoms with Crippen molar-refractivity contribution in [3.8, 4) is 0 Å². The van der Waals surface area contributed by atoms with E-state index < -0.39 is 26.6 Å². The van der Waals surface area contributed by atoms with Crippen LogP contribution in [-0.2, 0) is 9.84 Å². The Kier molecular flexibility index (Phi) is 5.16. The molecule has 0 amide bonds. The summed E-state index contributed by atoms with van der Waals surface area (Å²) in [6.07, 6.45) is 3.14. The standard InChI is InChI=1S/C14H19F2NO3S/c15-14(16)21(19,20)13-8-4-2-6-11(13)17-9-10-5-1-3-7-12(10)18/h2,4,6,8,10,12,14,17-18H,1,3,5,7,9H2. The Balaban J connectivity index is 2.14. The summed E-state index contributed by atoms with van der Waals surface area (Å²) in [6.45, 7) is 0.372. The highest BCUT2D eigenvalue weighted by atomic mass is 32.2. The normalized spacial score (nSPS) is 23.2. The first-order chi connectivity index (χ1) is 9.93. The minimum Gasteiger partial charge on any atom is -0.393 e. The summed E-state index contributed by atoms with van der Waals surface area (Å²) in [5.41, 5.74) is 0.163. The fraction of sp³-hybridized carbons (Fsp3) is 0.571. The highest BCUT2D eigenvalue weighted by Gasteiger charge is 2.29. The molecule has 118 valence electrons. The van der Waals surface area contributed by atoms with Gasteiger partial charge < -0.3 is 10.4 Å². The second-order valence-electron chi connectivity index (χ2n) is 5.29. The van der Waals surface area contributed by atoms with Crippen LogP contribution < -0.4 is 5.32 Å². The predicted octanol–water partition coefficient (Wildman–Crippen LogP) is 2.65. The molecule has 0 heterocycles. The van der Waals surface area contributed by atoms with Gasteiger partial charge in [-0.05, 0) is 25.0 Å². The average Bonchev–Trinajstić information content (AvgIpc) is 2.46. The lowest BCUT2D eigenvalue weighted by Gasteiger charge is -2.28. The Morgan fingerprint density at radius 3 is 2.57 bits per heavy atom. The maximum Gasteiger partial charge on any atom is 0.341 e. The number of anilines is 1. The summed E-state index contributed by atoms with van der Waals surface area (Å²) >= 11 is 0. The number of nitrogens with one attached hydrogen (secondary N) is 1. The number of aliphatic hydroxyl groups is 1. The van der Waals surface area contributed by atoms with Gasteiger partial charge in [0.05, 0.1) is 16.7 Å². The lowest BCUT2D eigenvalue weighted by atomic mass is 9.86. The van der Waals surface area contributed by atoms with Crippen molar-refractivity contribution in [3.05, 3.63) is 24.3 Å². The number of halogens is 2. The number of sulfone groups is 1. The molecule has 0 saturated heterocycles. The molecule has 7 heteroatoms. The lowest BCUT2D eigenvalue weighted by Crippen LogP contribution is -2.30. The molecule has 2 atom stereocenters. The molecule has 0 spiro atoms. The number of benzene rings is 1. The van der Waals surface area contributed by atoms with Crippen molar-refractivity contribution in [2.45, 2.75) is 42.4 Å². The van der Waals surface area contributed by atoms with Gasteiger partial charge in [-0.2, -0.15) is 8.78 Å². The molecule has 21 heavy (non-hydrogen) atoms. The molecular weight excluding hydrogens is 300 g/mol. The number of rotatable bonds is 5. The summed E-state index contributed by atoms with van der Waals surface area (Å²) in [6, 6.07) is 5.63. The minimum absolute atomic E-state index is 0.0149. The molecule has 0 aromatic heterocycles. The molecule has 1 fully saturated rings. The SMILES string of the molecule is O=S(=O)(c1ccccc1NCC1CCCCC1O)C(F)F. The number of aliphatic hydroxyl groups excluding tert-OH is 1. The van der Waals surface area contributed by atoms with Crippen LogP contribution in [0.1, 0.15) is 25.7 Å². The predicted molar refractivity (Wildman–Crippen MR) is 76.1 cm³/mol. The third kappa shape index (κ3) is 3.71. The molecule has 1 aliphatic carbocycles. The van der Waals surface area contributed by atoms with E-state index in [1.54, 1.807) is 6.07 Å². The Labute approximate surface area is 123 Å². The first kappa shape index (κ1) is 16.2. The van der Waals surface area contributed by atoms with E-state index in [1.165, 1.54) is 18.2 Å². The Morgan fingerprint density at radius 2 is 1.90 bits per heavy atom. The first-order valence-corrected chi connectivity index (χ1v) is 8.50. The maximum absolute atomic E-state index is 12.7. The van der Waals surface area contributed by atoms with Gasteiger partial charge >= 0.3 is 5.76 Å². The van der Waals surface area contributed by atoms with Crippen LogP contribution in [0, 0.1) is 5.92 Å². The Hall–Kier alpha value is -1.21. The van der Waals surface area contributed by atoms with Crippen LogP contribution in [0.2, 0.25) is 0 Å². The Bertz CT molecular complexity index is 577. The van der Waals surface area contributed by atoms with Crippen LogP contribution in [0.3, 0.4) is 0 Å². The van der Waals surface area contributed by atoms with Crippen molar-refractivity contribution in [3.63, 3.8) is 0 Å². The summed E-state index contributed by atoms with van der Waals surface area (Å²) in [7, 11) is -4.63. The summed E-state index contributed by atoms with van der Waals surface area (Å²) in [4.78, 5) is -0.398. The number of para-hydroxylation sites is 1. The van der Waals surface area contributed by atoms with E-state index >= 15 is 0 Å². The van der Waals surface area contributed by atoms with E-state index in [9.17, 15) is 22.3 Å². The molecule has 2 unspecified atom stereocenters. The fourth-order valence-electron chi connectivity index (χ4n) is 2.62. The van der Waals surface area contributed by atoms with Gasteiger partial charge in [-0.1, -0.05) is 25.0 Å². The molecule has 1 aromatic rings. The van der Waals surface area contributed by atoms with Gasteiger partial charge in [0, 0.05) is 12.5 Å². The molecule has 2 N–H and O–H groups in total. The molecule has 0 bridgehead atoms. The van der Waals surface area contributed by atoms with Crippen LogP contribution in [-0.4, -0.2) is 31.9 Å². The van der Waals surface area contributed by atoms with Crippen molar-refractivity contribution in [1.82, 2.24) is 0 Å². The molecular formula is C14H19F2NO3S. The van der Waals surface area contributed by atoms with Gasteiger partial charge in [-0.15, -0.1) is 0 Å². The Morgan fingerprint density at radius 1 is 1.24 bits per heavy atom. The second kappa shape index (κ2) is 6.70. The van der Waals surface area contributed by atoms with Gasteiger partial charge in [-0.3, -0.25) is 0 Å². The highest BCUT2D eigenvalue weighted by molar-refractivity contribution is 7.91. The average molecular weight is 319 g/mol. The van der Waals surface area contributed by atoms with Gasteiger partial charge in [-0.25, -0.2) is 8.42 Å². The van der Waals surface area contributed by atoms with Gasteiger partial charge in [0.25, 0.3) is 0 Å². The largest absolute Gasteiger partial charge is 0.393 e. The summed E-state index contributed by atoms with van der Waals surface area (Å²) < 4.78 is 48.6. The van der Waals surface area contributed by atoms with Crippen LogP contribution in [0.25, 0.3) is 0 Å². The van der Waals surface area contributed by atoms with Crippen LogP contribution in [0.4, 0.5) is 14.5 Å². The van der Waals surface area contributed by atoms with E-state index in [0.29, 0.717) is 6.54 Å². The molecule has 2 rings (SSSR count). The summed E-state index contributed by atoms with van der Waals surface area (Å²) in [5, 5.41) is 12.8. The van der Waals surface area contributed by atoms with Gasteiger partial charge in [0.1, 0.15) is 0 Å². The zero-order valence-corrected chi connectivity index (χ0v) is 12.3. The van der Waals surface area contributed by atoms with Crippen LogP contribution in [0.5, 0.6) is 0 Å². The number of hydrogen-bond donors (Lipinski definition) is 2. The molecule has 1 aromatic carbocycles. The molecule has 0 aliphatic heterocycles. The monoisotopic (exact) mass is 319 g/mol. The van der Waals surface area contributed by atoms with Crippen molar-refractivity contribution >= 4 is 15.5 Å². The third-order valence-electron chi connectivity index (χ3n) is 3.85. The van der Waals surface area contributed by atoms with E-state index in [1.807, 2.05) is 0 Å². The quantitative estimate of drug-likeness (QED) is 0.875. The second-order valence-corrected chi connectivity index (χ2v) is 7.18. The molecule has 0 radical (unpaired) electrons. The molecule has 1 aliphatic rings. The molecule has 4 nitrogen and oxygen atoms in total. The first-order valence-electron chi connectivity index (χ1n) is 6.96. The topological polar surface area (TPSA) is 66.4 Å². The van der Waals surface area contributed by atoms with Gasteiger partial charge in [0.2, 0.25) is 9.84 Å². The van der Waals surface area contributed by atoms with Gasteiger partial charge in [0.15, 0.2) is 0 Å². The minimum atomic E-state index is -4.63. The number of hydrogen-bond acceptors (Lipinski definition) is 4. The zero-order chi connectivity index (χ0) is 15.5. The highest BCUT2D eigenvalue weighted by Crippen LogP contribution is 2.28. The third-order valence-corrected chi connectivity index (χ3v) is 5.29. The number of alkyl halides is 2. The fourth-order valence-corrected chi connectivity index (χ4v) is 3.53. The van der Waals surface area contributed by atoms with E-state index in [-0.39, 0.29) is 11.6 Å². The van der Waals surface area contributed by atoms with Crippen molar-refractivity contribution in [2.24, 2.45) is 5.92 Å². The summed E-state index contributed by atoms with van der Waals surface area (Å²) in [5.74, 6) is -3.43. The van der Waals surface area contributed by atoms with Crippen molar-refractivity contribution < 1.29 is 22.3 Å². The maximum atomic E-state index is 12.7. The zero-order valence-electron chi connectivity index (χ0n) is 11.5. The lowest BCUT2D eigenvalue weighted by molar-refractivity contribution is 0.0763. The molecule has 1 saturated carbocycles.